The Balaban J connectivity index is 1.97. The van der Waals surface area contributed by atoms with E-state index in [9.17, 15) is 4.39 Å². The number of rotatable bonds is 3. The van der Waals surface area contributed by atoms with E-state index in [1.165, 1.54) is 6.08 Å². The molecule has 2 aliphatic rings. The lowest BCUT2D eigenvalue weighted by Crippen LogP contribution is -2.40. The summed E-state index contributed by atoms with van der Waals surface area (Å²) in [6.07, 6.45) is 5.21. The first-order chi connectivity index (χ1) is 8.50. The van der Waals surface area contributed by atoms with E-state index >= 15 is 0 Å². The summed E-state index contributed by atoms with van der Waals surface area (Å²) >= 11 is 0. The van der Waals surface area contributed by atoms with Gasteiger partial charge < -0.3 is 14.4 Å². The predicted octanol–water partition coefficient (Wildman–Crippen LogP) is 2.85. The summed E-state index contributed by atoms with van der Waals surface area (Å²) in [5, 5.41) is 0. The second-order valence-corrected chi connectivity index (χ2v) is 5.67. The second kappa shape index (κ2) is 5.31. The van der Waals surface area contributed by atoms with Crippen LogP contribution in [0.3, 0.4) is 0 Å². The normalized spacial score (nSPS) is 27.6. The van der Waals surface area contributed by atoms with E-state index in [1.807, 2.05) is 4.90 Å². The molecule has 0 aromatic rings. The number of hydrogen-bond donors (Lipinski definition) is 0. The Bertz CT molecular complexity index is 363. The maximum atomic E-state index is 13.3. The lowest BCUT2D eigenvalue weighted by molar-refractivity contribution is -0.0772. The van der Waals surface area contributed by atoms with E-state index in [-0.39, 0.29) is 11.4 Å². The van der Waals surface area contributed by atoms with Gasteiger partial charge in [0.15, 0.2) is 5.88 Å². The lowest BCUT2D eigenvalue weighted by atomic mass is 9.88. The summed E-state index contributed by atoms with van der Waals surface area (Å²) in [6.45, 7) is 6.16. The molecule has 1 saturated heterocycles. The van der Waals surface area contributed by atoms with Crippen molar-refractivity contribution in [2.45, 2.75) is 32.3 Å². The zero-order valence-corrected chi connectivity index (χ0v) is 11.4. The molecule has 1 atom stereocenters. The van der Waals surface area contributed by atoms with Gasteiger partial charge in [0.05, 0.1) is 19.3 Å². The number of halogens is 1. The average molecular weight is 255 g/mol. The average Bonchev–Trinajstić information content (AvgIpc) is 2.28. The first kappa shape index (κ1) is 13.4. The molecule has 0 aromatic heterocycles. The minimum atomic E-state index is -0.109. The van der Waals surface area contributed by atoms with Gasteiger partial charge in [-0.05, 0) is 38.7 Å². The van der Waals surface area contributed by atoms with E-state index in [0.717, 1.165) is 31.9 Å². The molecule has 2 aliphatic heterocycles. The Morgan fingerprint density at radius 2 is 2.28 bits per heavy atom. The van der Waals surface area contributed by atoms with Crippen molar-refractivity contribution >= 4 is 0 Å². The Hall–Kier alpha value is -1.03. The van der Waals surface area contributed by atoms with Crippen LogP contribution in [0.5, 0.6) is 0 Å². The second-order valence-electron chi connectivity index (χ2n) is 5.67. The summed E-state index contributed by atoms with van der Waals surface area (Å²) in [7, 11) is 1.63. The molecule has 102 valence electrons. The van der Waals surface area contributed by atoms with Crippen molar-refractivity contribution in [1.29, 1.82) is 0 Å². The van der Waals surface area contributed by atoms with Crippen molar-refractivity contribution in [3.05, 3.63) is 23.9 Å². The van der Waals surface area contributed by atoms with E-state index in [2.05, 4.69) is 13.8 Å². The fourth-order valence-corrected chi connectivity index (χ4v) is 2.76. The highest BCUT2D eigenvalue weighted by atomic mass is 19.1. The van der Waals surface area contributed by atoms with Crippen molar-refractivity contribution in [2.75, 3.05) is 26.8 Å². The molecule has 2 rings (SSSR count). The van der Waals surface area contributed by atoms with Gasteiger partial charge in [-0.15, -0.1) is 0 Å². The van der Waals surface area contributed by atoms with Crippen LogP contribution in [0.1, 0.15) is 26.7 Å². The van der Waals surface area contributed by atoms with E-state index in [0.29, 0.717) is 12.5 Å². The quantitative estimate of drug-likeness (QED) is 0.774. The highest BCUT2D eigenvalue weighted by Gasteiger charge is 2.31. The predicted molar refractivity (Wildman–Crippen MR) is 68.6 cm³/mol. The molecule has 1 fully saturated rings. The van der Waals surface area contributed by atoms with E-state index in [1.54, 1.807) is 13.2 Å². The Morgan fingerprint density at radius 1 is 1.50 bits per heavy atom. The number of allylic oxidation sites excluding steroid dienone is 2. The Kier molecular flexibility index (Phi) is 3.95. The summed E-state index contributed by atoms with van der Waals surface area (Å²) < 4.78 is 24.3. The third-order valence-electron chi connectivity index (χ3n) is 3.55. The fourth-order valence-electron chi connectivity index (χ4n) is 2.76. The van der Waals surface area contributed by atoms with Gasteiger partial charge in [-0.3, -0.25) is 0 Å². The van der Waals surface area contributed by atoms with Gasteiger partial charge in [0.25, 0.3) is 0 Å². The highest BCUT2D eigenvalue weighted by Crippen LogP contribution is 2.30. The molecular weight excluding hydrogens is 233 g/mol. The zero-order chi connectivity index (χ0) is 13.2. The first-order valence-corrected chi connectivity index (χ1v) is 6.49. The highest BCUT2D eigenvalue weighted by molar-refractivity contribution is 5.17. The van der Waals surface area contributed by atoms with Crippen LogP contribution in [0, 0.1) is 5.92 Å². The Morgan fingerprint density at radius 3 is 2.94 bits per heavy atom. The number of methoxy groups -OCH3 is 1. The van der Waals surface area contributed by atoms with Crippen LogP contribution >= 0.6 is 0 Å². The first-order valence-electron chi connectivity index (χ1n) is 6.49. The molecule has 0 bridgehead atoms. The van der Waals surface area contributed by atoms with E-state index in [4.69, 9.17) is 9.47 Å². The van der Waals surface area contributed by atoms with Crippen LogP contribution in [0.4, 0.5) is 4.39 Å². The van der Waals surface area contributed by atoms with Crippen LogP contribution in [-0.2, 0) is 9.47 Å². The number of nitrogens with zero attached hydrogens (tertiary/aromatic N) is 1. The van der Waals surface area contributed by atoms with Crippen LogP contribution < -0.4 is 0 Å². The van der Waals surface area contributed by atoms with Crippen molar-refractivity contribution in [2.24, 2.45) is 5.92 Å². The molecule has 0 saturated carbocycles. The summed E-state index contributed by atoms with van der Waals surface area (Å²) in [6, 6.07) is 0. The SMILES string of the molecule is COC1=CC=C(F)CN1CC1CCOC(C)(C)C1. The third kappa shape index (κ3) is 3.25. The maximum Gasteiger partial charge on any atom is 0.189 e. The Labute approximate surface area is 108 Å². The van der Waals surface area contributed by atoms with Crippen LogP contribution in [0.25, 0.3) is 0 Å². The van der Waals surface area contributed by atoms with Crippen LogP contribution in [0.15, 0.2) is 23.9 Å². The molecule has 0 radical (unpaired) electrons. The molecule has 3 nitrogen and oxygen atoms in total. The van der Waals surface area contributed by atoms with Gasteiger partial charge in [-0.1, -0.05) is 0 Å². The van der Waals surface area contributed by atoms with Gasteiger partial charge in [0.1, 0.15) is 5.83 Å². The van der Waals surface area contributed by atoms with Gasteiger partial charge in [-0.2, -0.15) is 0 Å². The molecule has 0 spiro atoms. The fraction of sp³-hybridized carbons (Fsp3) is 0.714. The number of hydrogen-bond acceptors (Lipinski definition) is 3. The zero-order valence-electron chi connectivity index (χ0n) is 11.4. The maximum absolute atomic E-state index is 13.3. The van der Waals surface area contributed by atoms with E-state index < -0.39 is 0 Å². The molecule has 1 unspecified atom stereocenters. The lowest BCUT2D eigenvalue weighted by Gasteiger charge is -2.38. The van der Waals surface area contributed by atoms with Gasteiger partial charge in [0, 0.05) is 19.2 Å². The van der Waals surface area contributed by atoms with Crippen LogP contribution in [-0.4, -0.2) is 37.3 Å². The number of ether oxygens (including phenoxy) is 2. The van der Waals surface area contributed by atoms with Crippen LogP contribution in [0.2, 0.25) is 0 Å². The topological polar surface area (TPSA) is 21.7 Å². The molecule has 4 heteroatoms. The largest absolute Gasteiger partial charge is 0.482 e. The molecular formula is C14H22FNO2. The molecule has 0 aliphatic carbocycles. The van der Waals surface area contributed by atoms with Crippen molar-refractivity contribution in [3.8, 4) is 0 Å². The summed E-state index contributed by atoms with van der Waals surface area (Å²) in [5.41, 5.74) is -0.0654. The monoisotopic (exact) mass is 255 g/mol. The molecule has 2 heterocycles. The molecule has 0 N–H and O–H groups in total. The molecule has 18 heavy (non-hydrogen) atoms. The van der Waals surface area contributed by atoms with Gasteiger partial charge in [-0.25, -0.2) is 4.39 Å². The third-order valence-corrected chi connectivity index (χ3v) is 3.55. The molecule has 0 amide bonds. The minimum Gasteiger partial charge on any atom is -0.482 e. The molecule has 0 aromatic carbocycles. The summed E-state index contributed by atoms with van der Waals surface area (Å²) in [5.74, 6) is 1.17. The minimum absolute atomic E-state index is 0.0654. The smallest absolute Gasteiger partial charge is 0.189 e. The van der Waals surface area contributed by atoms with Crippen molar-refractivity contribution in [1.82, 2.24) is 4.90 Å². The summed E-state index contributed by atoms with van der Waals surface area (Å²) in [4.78, 5) is 1.97. The van der Waals surface area contributed by atoms with Crippen molar-refractivity contribution < 1.29 is 13.9 Å². The van der Waals surface area contributed by atoms with Crippen molar-refractivity contribution in [3.63, 3.8) is 0 Å². The van der Waals surface area contributed by atoms with Gasteiger partial charge in [0.2, 0.25) is 0 Å². The standard InChI is InChI=1S/C14H22FNO2/c1-14(2)8-11(6-7-18-14)9-16-10-12(15)4-5-13(16)17-3/h4-5,11H,6-10H2,1-3H3. The van der Waals surface area contributed by atoms with Gasteiger partial charge >= 0.3 is 0 Å².